The third-order valence-corrected chi connectivity index (χ3v) is 8.91. The van der Waals surface area contributed by atoms with Crippen molar-refractivity contribution in [2.75, 3.05) is 37.0 Å². The second kappa shape index (κ2) is 16.7. The Bertz CT molecular complexity index is 1780. The van der Waals surface area contributed by atoms with Crippen molar-refractivity contribution in [2.24, 2.45) is 0 Å². The zero-order valence-corrected chi connectivity index (χ0v) is 28.3. The molecule has 0 saturated heterocycles. The van der Waals surface area contributed by atoms with Gasteiger partial charge in [0, 0.05) is 44.4 Å². The van der Waals surface area contributed by atoms with Crippen LogP contribution in [-0.2, 0) is 12.7 Å². The van der Waals surface area contributed by atoms with Gasteiger partial charge < -0.3 is 10.1 Å². The lowest BCUT2D eigenvalue weighted by atomic mass is 9.90. The second-order valence-corrected chi connectivity index (χ2v) is 12.3. The molecule has 1 N–H and O–H groups in total. The van der Waals surface area contributed by atoms with E-state index in [0.717, 1.165) is 17.2 Å². The number of ether oxygens (including phenoxy) is 1. The maximum Gasteiger partial charge on any atom is 0.417 e. The molecule has 0 heterocycles. The molecule has 0 aliphatic rings. The second-order valence-electron chi connectivity index (χ2n) is 11.6. The molecule has 0 bridgehead atoms. The van der Waals surface area contributed by atoms with E-state index in [1.807, 2.05) is 42.5 Å². The summed E-state index contributed by atoms with van der Waals surface area (Å²) >= 11 is 12.6. The van der Waals surface area contributed by atoms with E-state index in [-0.39, 0.29) is 23.5 Å². The summed E-state index contributed by atoms with van der Waals surface area (Å²) in [6.07, 6.45) is -3.97. The third kappa shape index (κ3) is 9.79. The van der Waals surface area contributed by atoms with Gasteiger partial charge in [0.2, 0.25) is 0 Å². The molecule has 254 valence electrons. The molecule has 0 radical (unpaired) electrons. The Morgan fingerprint density at radius 1 is 0.816 bits per heavy atom. The van der Waals surface area contributed by atoms with E-state index in [2.05, 4.69) is 34.5 Å². The van der Waals surface area contributed by atoms with Crippen molar-refractivity contribution in [3.05, 3.63) is 160 Å². The van der Waals surface area contributed by atoms with Crippen LogP contribution in [-0.4, -0.2) is 37.7 Å². The highest BCUT2D eigenvalue weighted by atomic mass is 35.5. The van der Waals surface area contributed by atoms with E-state index in [1.54, 1.807) is 55.6 Å². The summed E-state index contributed by atoms with van der Waals surface area (Å²) in [4.78, 5) is 16.5. The highest BCUT2D eigenvalue weighted by Crippen LogP contribution is 2.37. The van der Waals surface area contributed by atoms with Gasteiger partial charge in [0.05, 0.1) is 27.9 Å². The zero-order chi connectivity index (χ0) is 34.8. The first-order valence-electron chi connectivity index (χ1n) is 15.8. The zero-order valence-electron chi connectivity index (χ0n) is 26.8. The first kappa shape index (κ1) is 35.8. The van der Waals surface area contributed by atoms with Gasteiger partial charge in [0.1, 0.15) is 5.75 Å². The van der Waals surface area contributed by atoms with E-state index < -0.39 is 11.7 Å². The molecule has 0 aliphatic heterocycles. The van der Waals surface area contributed by atoms with E-state index in [1.165, 1.54) is 11.0 Å². The fourth-order valence-electron chi connectivity index (χ4n) is 5.57. The van der Waals surface area contributed by atoms with Gasteiger partial charge in [-0.3, -0.25) is 9.80 Å². The van der Waals surface area contributed by atoms with Gasteiger partial charge in [-0.15, -0.1) is 0 Å². The normalized spacial score (nSPS) is 11.5. The van der Waals surface area contributed by atoms with Crippen molar-refractivity contribution in [2.45, 2.75) is 25.1 Å². The van der Waals surface area contributed by atoms with Crippen molar-refractivity contribution in [1.29, 1.82) is 0 Å². The standard InChI is InChI=1S/C39H36Cl2F3N3O2/c1-46(38(48)45-36-22-9-8-21-35(36)40)31-18-11-19-32(25-31)49-24-12-23-47(26-30-17-10-20-34(37(30)41)39(42,43)44)27-33(28-13-4-2-5-14-28)29-15-6-3-7-16-29/h2-11,13-22,25,33H,12,23-24,26-27H2,1H3,(H,45,48). The Morgan fingerprint density at radius 3 is 2.10 bits per heavy atom. The molecular weight excluding hydrogens is 670 g/mol. The lowest BCUT2D eigenvalue weighted by Gasteiger charge is -2.29. The van der Waals surface area contributed by atoms with E-state index in [4.69, 9.17) is 27.9 Å². The lowest BCUT2D eigenvalue weighted by Crippen LogP contribution is -2.31. The smallest absolute Gasteiger partial charge is 0.417 e. The van der Waals surface area contributed by atoms with Crippen molar-refractivity contribution in [3.8, 4) is 5.75 Å². The predicted molar refractivity (Wildman–Crippen MR) is 192 cm³/mol. The summed E-state index contributed by atoms with van der Waals surface area (Å²) in [5.41, 5.74) is 2.89. The molecule has 10 heteroatoms. The average molecular weight is 707 g/mol. The van der Waals surface area contributed by atoms with E-state index >= 15 is 0 Å². The Labute approximate surface area is 294 Å². The van der Waals surface area contributed by atoms with Gasteiger partial charge in [-0.2, -0.15) is 13.2 Å². The number of carbonyl (C=O) groups excluding carboxylic acids is 1. The number of hydrogen-bond acceptors (Lipinski definition) is 3. The van der Waals surface area contributed by atoms with Crippen LogP contribution < -0.4 is 15.0 Å². The number of carbonyl (C=O) groups is 1. The molecule has 0 spiro atoms. The van der Waals surface area contributed by atoms with Crippen LogP contribution in [0.2, 0.25) is 10.0 Å². The maximum absolute atomic E-state index is 13.7. The number of benzene rings is 5. The van der Waals surface area contributed by atoms with Crippen molar-refractivity contribution < 1.29 is 22.7 Å². The highest BCUT2D eigenvalue weighted by molar-refractivity contribution is 6.33. The van der Waals surface area contributed by atoms with Gasteiger partial charge in [-0.05, 0) is 53.4 Å². The molecule has 2 amide bonds. The van der Waals surface area contributed by atoms with Gasteiger partial charge in [0.25, 0.3) is 0 Å². The minimum atomic E-state index is -4.56. The maximum atomic E-state index is 13.7. The van der Waals surface area contributed by atoms with Crippen LogP contribution in [0.3, 0.4) is 0 Å². The largest absolute Gasteiger partial charge is 0.493 e. The first-order valence-corrected chi connectivity index (χ1v) is 16.5. The van der Waals surface area contributed by atoms with Crippen LogP contribution in [0.25, 0.3) is 0 Å². The minimum absolute atomic E-state index is 0.0305. The van der Waals surface area contributed by atoms with Gasteiger partial charge in [-0.1, -0.05) is 114 Å². The highest BCUT2D eigenvalue weighted by Gasteiger charge is 2.34. The van der Waals surface area contributed by atoms with Gasteiger partial charge in [-0.25, -0.2) is 4.79 Å². The topological polar surface area (TPSA) is 44.8 Å². The lowest BCUT2D eigenvalue weighted by molar-refractivity contribution is -0.137. The third-order valence-electron chi connectivity index (χ3n) is 8.14. The number of para-hydroxylation sites is 1. The number of alkyl halides is 3. The molecule has 5 nitrogen and oxygen atoms in total. The van der Waals surface area contributed by atoms with Crippen LogP contribution in [0.4, 0.5) is 29.3 Å². The van der Waals surface area contributed by atoms with Crippen molar-refractivity contribution >= 4 is 40.6 Å². The van der Waals surface area contributed by atoms with E-state index in [0.29, 0.717) is 53.8 Å². The molecule has 5 aromatic carbocycles. The van der Waals surface area contributed by atoms with Crippen molar-refractivity contribution in [1.82, 2.24) is 4.90 Å². The molecule has 0 unspecified atom stereocenters. The number of nitrogens with zero attached hydrogens (tertiary/aromatic N) is 2. The monoisotopic (exact) mass is 705 g/mol. The number of halogens is 5. The molecule has 5 aromatic rings. The summed E-state index contributed by atoms with van der Waals surface area (Å²) in [6.45, 7) is 1.64. The fraction of sp³-hybridized carbons (Fsp3) is 0.205. The number of hydrogen-bond donors (Lipinski definition) is 1. The molecule has 0 atom stereocenters. The SMILES string of the molecule is CN(C(=O)Nc1ccccc1Cl)c1cccc(OCCCN(Cc2cccc(C(F)(F)F)c2Cl)CC(c2ccccc2)c2ccccc2)c1. The minimum Gasteiger partial charge on any atom is -0.493 e. The molecule has 0 fully saturated rings. The Balaban J connectivity index is 1.29. The molecule has 0 saturated carbocycles. The first-order chi connectivity index (χ1) is 23.6. The summed E-state index contributed by atoms with van der Waals surface area (Å²) in [5.74, 6) is 0.547. The van der Waals surface area contributed by atoms with Gasteiger partial charge >= 0.3 is 12.2 Å². The van der Waals surface area contributed by atoms with Crippen LogP contribution in [0, 0.1) is 0 Å². The Hall–Kier alpha value is -4.50. The molecule has 5 rings (SSSR count). The molecule has 0 aromatic heterocycles. The summed E-state index contributed by atoms with van der Waals surface area (Å²) in [7, 11) is 1.65. The Morgan fingerprint density at radius 2 is 1.45 bits per heavy atom. The predicted octanol–water partition coefficient (Wildman–Crippen LogP) is 10.8. The molecular formula is C39H36Cl2F3N3O2. The number of nitrogens with one attached hydrogen (secondary N) is 1. The number of amides is 2. The van der Waals surface area contributed by atoms with Crippen LogP contribution in [0.1, 0.15) is 34.6 Å². The van der Waals surface area contributed by atoms with E-state index in [9.17, 15) is 18.0 Å². The van der Waals surface area contributed by atoms with Crippen LogP contribution in [0.5, 0.6) is 5.75 Å². The molecule has 0 aliphatic carbocycles. The number of urea groups is 1. The Kier molecular flexibility index (Phi) is 12.2. The summed E-state index contributed by atoms with van der Waals surface area (Å²) in [6, 6.07) is 38.0. The van der Waals surface area contributed by atoms with Gasteiger partial charge in [0.15, 0.2) is 0 Å². The number of rotatable bonds is 13. The average Bonchev–Trinajstić information content (AvgIpc) is 3.10. The summed E-state index contributed by atoms with van der Waals surface area (Å²) in [5, 5.41) is 2.95. The van der Waals surface area contributed by atoms with Crippen molar-refractivity contribution in [3.63, 3.8) is 0 Å². The summed E-state index contributed by atoms with van der Waals surface area (Å²) < 4.78 is 47.3. The van der Waals surface area contributed by atoms with Crippen LogP contribution in [0.15, 0.2) is 127 Å². The quantitative estimate of drug-likeness (QED) is 0.124. The fourth-order valence-corrected chi connectivity index (χ4v) is 6.04. The number of anilines is 2. The van der Waals surface area contributed by atoms with Crippen LogP contribution >= 0.6 is 23.2 Å². The molecule has 49 heavy (non-hydrogen) atoms.